The molecule has 0 spiro atoms. The van der Waals surface area contributed by atoms with Crippen molar-refractivity contribution in [1.82, 2.24) is 0 Å². The molecule has 0 heterocycles. The SMILES string of the molecule is C=CC(=O)Nc1c(C)c(C)cc2c1Cc1ccccc1-2. The lowest BCUT2D eigenvalue weighted by molar-refractivity contribution is -0.111. The first-order chi connectivity index (χ1) is 9.61. The summed E-state index contributed by atoms with van der Waals surface area (Å²) >= 11 is 0. The number of aryl methyl sites for hydroxylation is 1. The Labute approximate surface area is 119 Å². The van der Waals surface area contributed by atoms with Gasteiger partial charge in [-0.15, -0.1) is 0 Å². The van der Waals surface area contributed by atoms with Gasteiger partial charge in [0.2, 0.25) is 5.91 Å². The minimum atomic E-state index is -0.156. The zero-order valence-electron chi connectivity index (χ0n) is 11.8. The molecule has 1 N–H and O–H groups in total. The van der Waals surface area contributed by atoms with Gasteiger partial charge in [-0.3, -0.25) is 4.79 Å². The molecule has 0 unspecified atom stereocenters. The smallest absolute Gasteiger partial charge is 0.247 e. The van der Waals surface area contributed by atoms with E-state index in [9.17, 15) is 4.79 Å². The molecule has 0 atom stereocenters. The van der Waals surface area contributed by atoms with Gasteiger partial charge in [-0.1, -0.05) is 36.9 Å². The Morgan fingerprint density at radius 2 is 2.00 bits per heavy atom. The van der Waals surface area contributed by atoms with Gasteiger partial charge >= 0.3 is 0 Å². The summed E-state index contributed by atoms with van der Waals surface area (Å²) in [4.78, 5) is 11.7. The lowest BCUT2D eigenvalue weighted by Crippen LogP contribution is -2.11. The topological polar surface area (TPSA) is 29.1 Å². The highest BCUT2D eigenvalue weighted by Gasteiger charge is 2.23. The molecule has 2 nitrogen and oxygen atoms in total. The van der Waals surface area contributed by atoms with Gasteiger partial charge in [-0.05, 0) is 53.3 Å². The van der Waals surface area contributed by atoms with E-state index >= 15 is 0 Å². The number of carbonyl (C=O) groups is 1. The first-order valence-corrected chi connectivity index (χ1v) is 6.76. The van der Waals surface area contributed by atoms with Gasteiger partial charge in [0.15, 0.2) is 0 Å². The van der Waals surface area contributed by atoms with E-state index in [1.165, 1.54) is 33.9 Å². The van der Waals surface area contributed by atoms with Crippen molar-refractivity contribution in [2.75, 3.05) is 5.32 Å². The number of hydrogen-bond donors (Lipinski definition) is 1. The zero-order valence-corrected chi connectivity index (χ0v) is 11.8. The molecule has 2 aromatic carbocycles. The Kier molecular flexibility index (Phi) is 2.94. The van der Waals surface area contributed by atoms with E-state index in [1.54, 1.807) is 0 Å². The number of benzene rings is 2. The van der Waals surface area contributed by atoms with Gasteiger partial charge in [-0.2, -0.15) is 0 Å². The average molecular weight is 263 g/mol. The second kappa shape index (κ2) is 4.64. The molecule has 100 valence electrons. The molecule has 0 radical (unpaired) electrons. The Hall–Kier alpha value is -2.35. The fourth-order valence-corrected chi connectivity index (χ4v) is 2.87. The molecule has 2 heteroatoms. The molecule has 0 bridgehead atoms. The van der Waals surface area contributed by atoms with Crippen LogP contribution >= 0.6 is 0 Å². The van der Waals surface area contributed by atoms with Gasteiger partial charge in [0, 0.05) is 12.1 Å². The summed E-state index contributed by atoms with van der Waals surface area (Å²) in [6.45, 7) is 7.67. The number of anilines is 1. The number of hydrogen-bond acceptors (Lipinski definition) is 1. The van der Waals surface area contributed by atoms with Crippen LogP contribution in [0, 0.1) is 13.8 Å². The van der Waals surface area contributed by atoms with Crippen LogP contribution in [0.2, 0.25) is 0 Å². The number of nitrogens with one attached hydrogen (secondary N) is 1. The zero-order chi connectivity index (χ0) is 14.3. The fraction of sp³-hybridized carbons (Fsp3) is 0.167. The van der Waals surface area contributed by atoms with E-state index in [0.29, 0.717) is 0 Å². The average Bonchev–Trinajstić information content (AvgIpc) is 2.82. The normalized spacial score (nSPS) is 11.7. The molecule has 20 heavy (non-hydrogen) atoms. The maximum absolute atomic E-state index is 11.7. The van der Waals surface area contributed by atoms with Crippen molar-refractivity contribution < 1.29 is 4.79 Å². The summed E-state index contributed by atoms with van der Waals surface area (Å²) in [5, 5.41) is 2.98. The third kappa shape index (κ3) is 1.85. The highest BCUT2D eigenvalue weighted by atomic mass is 16.1. The van der Waals surface area contributed by atoms with Crippen molar-refractivity contribution in [2.45, 2.75) is 20.3 Å². The Morgan fingerprint density at radius 1 is 1.25 bits per heavy atom. The molecule has 0 saturated carbocycles. The molecule has 0 saturated heterocycles. The minimum absolute atomic E-state index is 0.156. The Balaban J connectivity index is 2.21. The molecule has 0 aliphatic heterocycles. The number of amides is 1. The summed E-state index contributed by atoms with van der Waals surface area (Å²) in [7, 11) is 0. The number of carbonyl (C=O) groups excluding carboxylic acids is 1. The minimum Gasteiger partial charge on any atom is -0.322 e. The maximum Gasteiger partial charge on any atom is 0.247 e. The van der Waals surface area contributed by atoms with E-state index in [0.717, 1.165) is 17.7 Å². The third-order valence-electron chi connectivity index (χ3n) is 4.06. The number of rotatable bonds is 2. The van der Waals surface area contributed by atoms with Crippen LogP contribution in [0.3, 0.4) is 0 Å². The van der Waals surface area contributed by atoms with Crippen molar-refractivity contribution in [2.24, 2.45) is 0 Å². The van der Waals surface area contributed by atoms with Gasteiger partial charge < -0.3 is 5.32 Å². The molecule has 2 aromatic rings. The molecule has 0 aromatic heterocycles. The summed E-state index contributed by atoms with van der Waals surface area (Å²) in [5.74, 6) is -0.156. The van der Waals surface area contributed by atoms with Gasteiger partial charge in [0.05, 0.1) is 0 Å². The van der Waals surface area contributed by atoms with Crippen LogP contribution < -0.4 is 5.32 Å². The Morgan fingerprint density at radius 3 is 2.75 bits per heavy atom. The van der Waals surface area contributed by atoms with Gasteiger partial charge in [0.25, 0.3) is 0 Å². The van der Waals surface area contributed by atoms with Crippen LogP contribution in [-0.4, -0.2) is 5.91 Å². The second-order valence-electron chi connectivity index (χ2n) is 5.25. The first-order valence-electron chi connectivity index (χ1n) is 6.76. The fourth-order valence-electron chi connectivity index (χ4n) is 2.87. The van der Waals surface area contributed by atoms with Crippen molar-refractivity contribution in [3.8, 4) is 11.1 Å². The monoisotopic (exact) mass is 263 g/mol. The van der Waals surface area contributed by atoms with E-state index in [2.05, 4.69) is 56.1 Å². The summed E-state index contributed by atoms with van der Waals surface area (Å²) in [6, 6.07) is 10.6. The van der Waals surface area contributed by atoms with Crippen molar-refractivity contribution in [3.63, 3.8) is 0 Å². The maximum atomic E-state index is 11.7. The summed E-state index contributed by atoms with van der Waals surface area (Å²) in [5.41, 5.74) is 8.32. The Bertz CT molecular complexity index is 728. The highest BCUT2D eigenvalue weighted by Crippen LogP contribution is 2.42. The van der Waals surface area contributed by atoms with Gasteiger partial charge in [-0.25, -0.2) is 0 Å². The predicted molar refractivity (Wildman–Crippen MR) is 83.0 cm³/mol. The van der Waals surface area contributed by atoms with E-state index in [4.69, 9.17) is 0 Å². The summed E-state index contributed by atoms with van der Waals surface area (Å²) in [6.07, 6.45) is 2.19. The lowest BCUT2D eigenvalue weighted by atomic mass is 9.97. The van der Waals surface area contributed by atoms with E-state index in [-0.39, 0.29) is 5.91 Å². The molecular weight excluding hydrogens is 246 g/mol. The van der Waals surface area contributed by atoms with Crippen LogP contribution in [0.5, 0.6) is 0 Å². The first kappa shape index (κ1) is 12.7. The van der Waals surface area contributed by atoms with Crippen LogP contribution in [0.4, 0.5) is 5.69 Å². The molecule has 1 aliphatic carbocycles. The predicted octanol–water partition coefficient (Wildman–Crippen LogP) is 4.00. The highest BCUT2D eigenvalue weighted by molar-refractivity contribution is 6.01. The molecule has 1 amide bonds. The second-order valence-corrected chi connectivity index (χ2v) is 5.25. The van der Waals surface area contributed by atoms with Crippen molar-refractivity contribution in [1.29, 1.82) is 0 Å². The van der Waals surface area contributed by atoms with Crippen LogP contribution in [0.15, 0.2) is 43.0 Å². The largest absolute Gasteiger partial charge is 0.322 e. The van der Waals surface area contributed by atoms with E-state index < -0.39 is 0 Å². The quantitative estimate of drug-likeness (QED) is 0.696. The third-order valence-corrected chi connectivity index (χ3v) is 4.06. The van der Waals surface area contributed by atoms with Crippen LogP contribution in [0.25, 0.3) is 11.1 Å². The van der Waals surface area contributed by atoms with Gasteiger partial charge in [0.1, 0.15) is 0 Å². The van der Waals surface area contributed by atoms with E-state index in [1.807, 2.05) is 0 Å². The molecular formula is C18H17NO. The van der Waals surface area contributed by atoms with Crippen molar-refractivity contribution in [3.05, 3.63) is 65.2 Å². The molecule has 1 aliphatic rings. The van der Waals surface area contributed by atoms with Crippen molar-refractivity contribution >= 4 is 11.6 Å². The standard InChI is InChI=1S/C18H17NO/c1-4-17(20)19-18-12(3)11(2)9-15-14-8-6-5-7-13(14)10-16(15)18/h4-9H,1,10H2,2-3H3,(H,19,20). The molecule has 0 fully saturated rings. The van der Waals surface area contributed by atoms with Crippen LogP contribution in [-0.2, 0) is 11.2 Å². The summed E-state index contributed by atoms with van der Waals surface area (Å²) < 4.78 is 0. The van der Waals surface area contributed by atoms with Crippen LogP contribution in [0.1, 0.15) is 22.3 Å². The number of fused-ring (bicyclic) bond motifs is 3. The lowest BCUT2D eigenvalue weighted by Gasteiger charge is -2.15. The molecule has 3 rings (SSSR count).